The van der Waals surface area contributed by atoms with Crippen LogP contribution in [0.15, 0.2) is 0 Å². The summed E-state index contributed by atoms with van der Waals surface area (Å²) in [5.41, 5.74) is -4.89. The van der Waals surface area contributed by atoms with E-state index in [9.17, 15) is 22.0 Å². The highest BCUT2D eigenvalue weighted by Crippen LogP contribution is 2.39. The van der Waals surface area contributed by atoms with Crippen LogP contribution in [0.2, 0.25) is 0 Å². The summed E-state index contributed by atoms with van der Waals surface area (Å²) in [5, 5.41) is 0. The van der Waals surface area contributed by atoms with Crippen LogP contribution in [0.25, 0.3) is 0 Å². The van der Waals surface area contributed by atoms with Crippen molar-refractivity contribution in [2.24, 2.45) is 0 Å². The maximum atomic E-state index is 11.7. The summed E-state index contributed by atoms with van der Waals surface area (Å²) in [4.78, 5) is 0. The number of hydrogen-bond donors (Lipinski definition) is 0. The Morgan fingerprint density at radius 2 is 1.20 bits per heavy atom. The third kappa shape index (κ3) is 1.96. The second kappa shape index (κ2) is 2.82. The average molecular weight is 219 g/mol. The molecule has 0 spiro atoms. The maximum absolute atomic E-state index is 11.7. The molecule has 0 fully saturated rings. The molecule has 10 heavy (non-hydrogen) atoms. The summed E-state index contributed by atoms with van der Waals surface area (Å²) < 4.78 is 57.1. The maximum Gasteiger partial charge on any atom is 0.451 e. The van der Waals surface area contributed by atoms with Crippen LogP contribution in [-0.4, -0.2) is 19.1 Å². The molecule has 0 saturated carbocycles. The Morgan fingerprint density at radius 1 is 0.900 bits per heavy atom. The Balaban J connectivity index is 4.40. The van der Waals surface area contributed by atoms with E-state index in [1.807, 2.05) is 0 Å². The van der Waals surface area contributed by atoms with Gasteiger partial charge in [0.25, 0.3) is 0 Å². The largest absolute Gasteiger partial charge is 0.451 e. The van der Waals surface area contributed by atoms with E-state index in [0.717, 1.165) is 0 Å². The van der Waals surface area contributed by atoms with Gasteiger partial charge >= 0.3 is 19.1 Å². The monoisotopic (exact) mass is 218 g/mol. The van der Waals surface area contributed by atoms with Gasteiger partial charge in [0.05, 0.1) is 0 Å². The molecule has 0 saturated heterocycles. The molecule has 0 rings (SSSR count). The molecule has 0 aliphatic heterocycles. The molecule has 0 heterocycles. The Morgan fingerprint density at radius 3 is 1.20 bits per heavy atom. The summed E-state index contributed by atoms with van der Waals surface area (Å²) >= 11 is 8.98. The minimum absolute atomic E-state index is 4.02. The molecule has 0 aromatic carbocycles. The zero-order chi connectivity index (χ0) is 8.58. The minimum atomic E-state index is -5.62. The Hall–Kier alpha value is 0.447. The Bertz CT molecular complexity index is 119. The van der Waals surface area contributed by atoms with Crippen LogP contribution in [0.4, 0.5) is 22.0 Å². The van der Waals surface area contributed by atoms with Crippen molar-refractivity contribution in [2.75, 3.05) is 0 Å². The van der Waals surface area contributed by atoms with Gasteiger partial charge in [0, 0.05) is 0 Å². The highest BCUT2D eigenvalue weighted by atomic mass is 35.7. The van der Waals surface area contributed by atoms with Gasteiger partial charge in [-0.2, -0.15) is 22.0 Å². The van der Waals surface area contributed by atoms with E-state index < -0.39 is 19.1 Å². The van der Waals surface area contributed by atoms with Gasteiger partial charge in [-0.15, -0.1) is 22.2 Å². The molecule has 0 aromatic rings. The molecule has 0 aliphatic carbocycles. The molecular weight excluding hydrogens is 218 g/mol. The second-order valence-corrected chi connectivity index (χ2v) is 6.04. The van der Waals surface area contributed by atoms with E-state index in [-0.39, 0.29) is 0 Å². The molecular formula is C2HCl2F5Si. The standard InChI is InChI=1S/C2HCl2F5Si/c3-10(4)2(8,9)1(5,6)7/h10H. The number of hydrogen-bond acceptors (Lipinski definition) is 0. The summed E-state index contributed by atoms with van der Waals surface area (Å²) in [7, 11) is -4.02. The van der Waals surface area contributed by atoms with E-state index in [1.54, 1.807) is 0 Å². The highest BCUT2D eigenvalue weighted by molar-refractivity contribution is 7.34. The lowest BCUT2D eigenvalue weighted by molar-refractivity contribution is -0.243. The van der Waals surface area contributed by atoms with E-state index >= 15 is 0 Å². The predicted molar refractivity (Wildman–Crippen MR) is 29.9 cm³/mol. The fraction of sp³-hybridized carbons (Fsp3) is 1.00. The van der Waals surface area contributed by atoms with E-state index in [2.05, 4.69) is 22.2 Å². The van der Waals surface area contributed by atoms with Gasteiger partial charge in [-0.3, -0.25) is 0 Å². The third-order valence-corrected chi connectivity index (χ3v) is 3.17. The van der Waals surface area contributed by atoms with Crippen LogP contribution in [0.5, 0.6) is 0 Å². The summed E-state index contributed by atoms with van der Waals surface area (Å²) in [6, 6.07) is 0. The first-order valence-electron chi connectivity index (χ1n) is 1.92. The first-order valence-corrected chi connectivity index (χ1v) is 5.99. The van der Waals surface area contributed by atoms with Crippen LogP contribution in [-0.2, 0) is 0 Å². The van der Waals surface area contributed by atoms with E-state index in [0.29, 0.717) is 0 Å². The van der Waals surface area contributed by atoms with Crippen LogP contribution in [0.1, 0.15) is 0 Å². The lowest BCUT2D eigenvalue weighted by atomic mass is 10.7. The van der Waals surface area contributed by atoms with Gasteiger partial charge < -0.3 is 0 Å². The smallest absolute Gasteiger partial charge is 0.199 e. The predicted octanol–water partition coefficient (Wildman–Crippen LogP) is 2.42. The van der Waals surface area contributed by atoms with Crippen LogP contribution >= 0.6 is 22.2 Å². The van der Waals surface area contributed by atoms with Gasteiger partial charge in [-0.25, -0.2) is 0 Å². The summed E-state index contributed by atoms with van der Waals surface area (Å²) in [6.07, 6.45) is -5.62. The third-order valence-electron chi connectivity index (χ3n) is 0.652. The molecule has 0 atom stereocenters. The number of alkyl halides is 5. The van der Waals surface area contributed by atoms with Crippen molar-refractivity contribution in [3.8, 4) is 0 Å². The topological polar surface area (TPSA) is 0 Å². The van der Waals surface area contributed by atoms with Crippen LogP contribution in [0.3, 0.4) is 0 Å². The molecule has 0 aromatic heterocycles. The molecule has 0 N–H and O–H groups in total. The summed E-state index contributed by atoms with van der Waals surface area (Å²) in [6.45, 7) is 0. The second-order valence-electron chi connectivity index (χ2n) is 1.42. The molecule has 0 amide bonds. The lowest BCUT2D eigenvalue weighted by Crippen LogP contribution is -2.44. The molecule has 0 radical (unpaired) electrons. The fourth-order valence-corrected chi connectivity index (χ4v) is 1.11. The first kappa shape index (κ1) is 10.4. The molecule has 8 heteroatoms. The van der Waals surface area contributed by atoms with E-state index in [4.69, 9.17) is 0 Å². The van der Waals surface area contributed by atoms with Crippen LogP contribution in [0, 0.1) is 0 Å². The van der Waals surface area contributed by atoms with Gasteiger partial charge in [0.2, 0.25) is 0 Å². The van der Waals surface area contributed by atoms with Crippen molar-refractivity contribution >= 4 is 29.6 Å². The van der Waals surface area contributed by atoms with Crippen molar-refractivity contribution in [1.82, 2.24) is 0 Å². The number of rotatable bonds is 1. The van der Waals surface area contributed by atoms with Crippen molar-refractivity contribution in [1.29, 1.82) is 0 Å². The molecule has 0 bridgehead atoms. The molecule has 0 unspecified atom stereocenters. The summed E-state index contributed by atoms with van der Waals surface area (Å²) in [5.74, 6) is 0. The van der Waals surface area contributed by atoms with Gasteiger partial charge in [0.1, 0.15) is 0 Å². The zero-order valence-corrected chi connectivity index (χ0v) is 6.89. The van der Waals surface area contributed by atoms with Gasteiger partial charge in [0.15, 0.2) is 0 Å². The first-order chi connectivity index (χ1) is 4.19. The SMILES string of the molecule is FC(F)(F)C(F)(F)[SiH](Cl)Cl. The fourth-order valence-electron chi connectivity index (χ4n) is 0.124. The Kier molecular flexibility index (Phi) is 2.95. The highest BCUT2D eigenvalue weighted by Gasteiger charge is 2.62. The van der Waals surface area contributed by atoms with Gasteiger partial charge in [-0.05, 0) is 0 Å². The average Bonchev–Trinajstić information content (AvgIpc) is 1.62. The van der Waals surface area contributed by atoms with E-state index in [1.165, 1.54) is 0 Å². The normalized spacial score (nSPS) is 14.4. The van der Waals surface area contributed by atoms with Crippen molar-refractivity contribution in [3.05, 3.63) is 0 Å². The lowest BCUT2D eigenvalue weighted by Gasteiger charge is -2.18. The Labute approximate surface area is 63.9 Å². The quantitative estimate of drug-likeness (QED) is 0.361. The molecule has 0 nitrogen and oxygen atoms in total. The van der Waals surface area contributed by atoms with Crippen molar-refractivity contribution in [2.45, 2.75) is 11.7 Å². The minimum Gasteiger partial charge on any atom is -0.199 e. The van der Waals surface area contributed by atoms with Crippen LogP contribution < -0.4 is 0 Å². The van der Waals surface area contributed by atoms with Crippen molar-refractivity contribution < 1.29 is 22.0 Å². The van der Waals surface area contributed by atoms with Crippen molar-refractivity contribution in [3.63, 3.8) is 0 Å². The molecule has 62 valence electrons. The van der Waals surface area contributed by atoms with Gasteiger partial charge in [-0.1, -0.05) is 0 Å². The number of halogens is 7. The zero-order valence-electron chi connectivity index (χ0n) is 4.22. The molecule has 0 aliphatic rings.